The average Bonchev–Trinajstić information content (AvgIpc) is 2.80. The largest absolute Gasteiger partial charge is 0.237 e. The molecule has 1 atom stereocenters. The van der Waals surface area contributed by atoms with Gasteiger partial charge in [-0.3, -0.25) is 0 Å². The van der Waals surface area contributed by atoms with E-state index in [2.05, 4.69) is 40.1 Å². The fraction of sp³-hybridized carbons (Fsp3) is 0.647. The lowest BCUT2D eigenvalue weighted by Gasteiger charge is -2.21. The lowest BCUT2D eigenvalue weighted by Crippen LogP contribution is -2.20. The molecule has 0 bridgehead atoms. The van der Waals surface area contributed by atoms with Gasteiger partial charge in [-0.2, -0.15) is 0 Å². The summed E-state index contributed by atoms with van der Waals surface area (Å²) in [6, 6.07) is 8.10. The normalized spacial score (nSPS) is 18.9. The number of nitrogens with zero attached hydrogens (tertiary/aromatic N) is 1. The summed E-state index contributed by atoms with van der Waals surface area (Å²) in [5.41, 5.74) is 1.65. The van der Waals surface area contributed by atoms with E-state index in [1.54, 1.807) is 0 Å². The van der Waals surface area contributed by atoms with Gasteiger partial charge < -0.3 is 0 Å². The Morgan fingerprint density at radius 1 is 1.19 bits per heavy atom. The fourth-order valence-electron chi connectivity index (χ4n) is 2.67. The van der Waals surface area contributed by atoms with Crippen LogP contribution < -0.4 is 0 Å². The number of halogens is 1. The van der Waals surface area contributed by atoms with Crippen molar-refractivity contribution >= 4 is 26.9 Å². The monoisotopic (exact) mass is 371 g/mol. The lowest BCUT2D eigenvalue weighted by atomic mass is 9.89. The third-order valence-electron chi connectivity index (χ3n) is 4.11. The molecule has 1 aliphatic rings. The van der Waals surface area contributed by atoms with Gasteiger partial charge in [0.15, 0.2) is 0 Å². The molecule has 0 radical (unpaired) electrons. The van der Waals surface area contributed by atoms with Gasteiger partial charge in [0.05, 0.1) is 4.90 Å². The van der Waals surface area contributed by atoms with Crippen LogP contribution >= 0.6 is 15.9 Å². The zero-order valence-electron chi connectivity index (χ0n) is 13.1. The molecule has 0 N–H and O–H groups in total. The standard InChI is InChI=1S/C17H26BrNOS/c1-17(2,14-18)11-7-3-4-8-12-19-13-15-9-5-6-10-16(15)21(19)20/h5-6,9-10H,3-4,7-8,11-14H2,1-2H3. The molecule has 1 aromatic rings. The Bertz CT molecular complexity index is 489. The van der Waals surface area contributed by atoms with Crippen LogP contribution in [0.1, 0.15) is 51.5 Å². The van der Waals surface area contributed by atoms with Gasteiger partial charge >= 0.3 is 0 Å². The van der Waals surface area contributed by atoms with Gasteiger partial charge in [0.2, 0.25) is 0 Å². The van der Waals surface area contributed by atoms with Crippen molar-refractivity contribution in [2.24, 2.45) is 5.41 Å². The number of hydrogen-bond acceptors (Lipinski definition) is 1. The van der Waals surface area contributed by atoms with Crippen LogP contribution in [0.5, 0.6) is 0 Å². The number of alkyl halides is 1. The molecule has 4 heteroatoms. The Kier molecular flexibility index (Phi) is 6.45. The van der Waals surface area contributed by atoms with Crippen LogP contribution in [0.25, 0.3) is 0 Å². The maximum Gasteiger partial charge on any atom is 0.128 e. The molecule has 118 valence electrons. The number of rotatable bonds is 8. The first-order chi connectivity index (χ1) is 10.0. The summed E-state index contributed by atoms with van der Waals surface area (Å²) in [4.78, 5) is 1.01. The van der Waals surface area contributed by atoms with E-state index in [-0.39, 0.29) is 0 Å². The van der Waals surface area contributed by atoms with E-state index >= 15 is 0 Å². The highest BCUT2D eigenvalue weighted by Gasteiger charge is 2.25. The van der Waals surface area contributed by atoms with Crippen LogP contribution in [0.15, 0.2) is 29.2 Å². The third kappa shape index (κ3) is 4.90. The van der Waals surface area contributed by atoms with Crippen LogP contribution in [-0.4, -0.2) is 20.4 Å². The van der Waals surface area contributed by atoms with Crippen molar-refractivity contribution in [3.8, 4) is 0 Å². The first-order valence-corrected chi connectivity index (χ1v) is 10.1. The van der Waals surface area contributed by atoms with Crippen molar-refractivity contribution in [1.82, 2.24) is 4.31 Å². The Balaban J connectivity index is 1.64. The summed E-state index contributed by atoms with van der Waals surface area (Å²) in [6.45, 7) is 6.42. The minimum atomic E-state index is -0.931. The number of unbranched alkanes of at least 4 members (excludes halogenated alkanes) is 3. The third-order valence-corrected chi connectivity index (χ3v) is 7.19. The summed E-state index contributed by atoms with van der Waals surface area (Å²) < 4.78 is 14.4. The molecule has 21 heavy (non-hydrogen) atoms. The van der Waals surface area contributed by atoms with Crippen LogP contribution in [0, 0.1) is 5.41 Å². The van der Waals surface area contributed by atoms with Gasteiger partial charge in [0.1, 0.15) is 11.0 Å². The Labute approximate surface area is 140 Å². The zero-order valence-corrected chi connectivity index (χ0v) is 15.5. The van der Waals surface area contributed by atoms with Crippen molar-refractivity contribution in [3.63, 3.8) is 0 Å². The zero-order chi connectivity index (χ0) is 15.3. The van der Waals surface area contributed by atoms with Crippen LogP contribution in [-0.2, 0) is 17.5 Å². The van der Waals surface area contributed by atoms with Gasteiger partial charge in [-0.15, -0.1) is 0 Å². The van der Waals surface area contributed by atoms with Crippen LogP contribution in [0.2, 0.25) is 0 Å². The maximum absolute atomic E-state index is 12.3. The molecular formula is C17H26BrNOS. The molecule has 0 saturated heterocycles. The highest BCUT2D eigenvalue weighted by molar-refractivity contribution is 9.09. The first kappa shape index (κ1) is 17.2. The fourth-order valence-corrected chi connectivity index (χ4v) is 4.33. The van der Waals surface area contributed by atoms with Gasteiger partial charge in [-0.05, 0) is 29.9 Å². The Morgan fingerprint density at radius 3 is 2.62 bits per heavy atom. The second kappa shape index (κ2) is 7.89. The second-order valence-electron chi connectivity index (χ2n) is 6.68. The quantitative estimate of drug-likeness (QED) is 0.470. The molecule has 0 amide bonds. The Morgan fingerprint density at radius 2 is 1.90 bits per heavy atom. The summed E-state index contributed by atoms with van der Waals surface area (Å²) in [7, 11) is -0.931. The Hall–Kier alpha value is -0.190. The molecule has 0 fully saturated rings. The number of benzene rings is 1. The highest BCUT2D eigenvalue weighted by atomic mass is 79.9. The van der Waals surface area contributed by atoms with E-state index in [1.807, 2.05) is 18.2 Å². The molecule has 0 aliphatic carbocycles. The van der Waals surface area contributed by atoms with Crippen LogP contribution in [0.4, 0.5) is 0 Å². The molecule has 1 heterocycles. The van der Waals surface area contributed by atoms with Gasteiger partial charge in [-0.1, -0.05) is 67.2 Å². The summed E-state index contributed by atoms with van der Waals surface area (Å²) >= 11 is 3.58. The van der Waals surface area contributed by atoms with Gasteiger partial charge in [-0.25, -0.2) is 8.51 Å². The van der Waals surface area contributed by atoms with Crippen LogP contribution in [0.3, 0.4) is 0 Å². The van der Waals surface area contributed by atoms with Crippen molar-refractivity contribution in [2.45, 2.75) is 57.4 Å². The predicted molar refractivity (Wildman–Crippen MR) is 93.9 cm³/mol. The molecule has 0 aromatic heterocycles. The molecule has 2 rings (SSSR count). The predicted octanol–water partition coefficient (Wildman–Crippen LogP) is 4.90. The second-order valence-corrected chi connectivity index (χ2v) is 8.70. The maximum atomic E-state index is 12.3. The van der Waals surface area contributed by atoms with E-state index in [4.69, 9.17) is 0 Å². The first-order valence-electron chi connectivity index (χ1n) is 7.84. The molecule has 0 spiro atoms. The van der Waals surface area contributed by atoms with E-state index in [0.29, 0.717) is 5.41 Å². The molecule has 2 nitrogen and oxygen atoms in total. The van der Waals surface area contributed by atoms with Crippen molar-refractivity contribution in [2.75, 3.05) is 11.9 Å². The number of fused-ring (bicyclic) bond motifs is 1. The smallest absolute Gasteiger partial charge is 0.128 e. The average molecular weight is 372 g/mol. The van der Waals surface area contributed by atoms with Gasteiger partial charge in [0, 0.05) is 18.4 Å². The molecular weight excluding hydrogens is 346 g/mol. The molecule has 1 aliphatic heterocycles. The highest BCUT2D eigenvalue weighted by Crippen LogP contribution is 2.28. The van der Waals surface area contributed by atoms with Gasteiger partial charge in [0.25, 0.3) is 0 Å². The minimum Gasteiger partial charge on any atom is -0.237 e. The number of hydrogen-bond donors (Lipinski definition) is 0. The molecule has 1 unspecified atom stereocenters. The van der Waals surface area contributed by atoms with Crippen molar-refractivity contribution in [3.05, 3.63) is 29.8 Å². The topological polar surface area (TPSA) is 20.3 Å². The summed E-state index contributed by atoms with van der Waals surface area (Å²) in [5, 5.41) is 1.07. The van der Waals surface area contributed by atoms with Crippen molar-refractivity contribution < 1.29 is 4.21 Å². The van der Waals surface area contributed by atoms with E-state index in [1.165, 1.54) is 31.2 Å². The van der Waals surface area contributed by atoms with E-state index < -0.39 is 11.0 Å². The lowest BCUT2D eigenvalue weighted by molar-refractivity contribution is 0.363. The minimum absolute atomic E-state index is 0.415. The molecule has 1 aromatic carbocycles. The van der Waals surface area contributed by atoms with Crippen molar-refractivity contribution in [1.29, 1.82) is 0 Å². The molecule has 0 saturated carbocycles. The van der Waals surface area contributed by atoms with E-state index in [9.17, 15) is 4.21 Å². The summed E-state index contributed by atoms with van der Waals surface area (Å²) in [6.07, 6.45) is 6.24. The van der Waals surface area contributed by atoms with E-state index in [0.717, 1.165) is 29.7 Å². The summed E-state index contributed by atoms with van der Waals surface area (Å²) in [5.74, 6) is 0. The SMILES string of the molecule is CC(C)(CBr)CCCCCCN1Cc2ccccc2S1=O.